The Balaban J connectivity index is 1.70. The Labute approximate surface area is 181 Å². The average Bonchev–Trinajstić information content (AvgIpc) is 2.98. The van der Waals surface area contributed by atoms with Gasteiger partial charge in [0.25, 0.3) is 17.7 Å². The topological polar surface area (TPSA) is 92.8 Å². The van der Waals surface area contributed by atoms with Crippen molar-refractivity contribution in [3.8, 4) is 0 Å². The van der Waals surface area contributed by atoms with E-state index in [1.165, 1.54) is 30.0 Å². The Hall–Kier alpha value is -3.48. The van der Waals surface area contributed by atoms with Crippen LogP contribution in [0.15, 0.2) is 36.4 Å². The van der Waals surface area contributed by atoms with Crippen LogP contribution in [0.5, 0.6) is 0 Å². The van der Waals surface area contributed by atoms with Gasteiger partial charge < -0.3 is 10.1 Å². The quantitative estimate of drug-likeness (QED) is 0.540. The number of anilines is 1. The number of carbonyl (C=O) groups excluding carboxylic acids is 4. The maximum absolute atomic E-state index is 12.6. The Morgan fingerprint density at radius 3 is 2.32 bits per heavy atom. The molecular formula is C24H26N2O5. The number of benzene rings is 2. The molecule has 0 unspecified atom stereocenters. The van der Waals surface area contributed by atoms with Crippen LogP contribution in [0.1, 0.15) is 68.9 Å². The third-order valence-corrected chi connectivity index (χ3v) is 5.32. The number of hydrogen-bond acceptors (Lipinski definition) is 5. The van der Waals surface area contributed by atoms with Gasteiger partial charge in [-0.15, -0.1) is 0 Å². The molecule has 0 aromatic heterocycles. The molecule has 31 heavy (non-hydrogen) atoms. The Morgan fingerprint density at radius 2 is 1.68 bits per heavy atom. The van der Waals surface area contributed by atoms with Crippen LogP contribution in [-0.2, 0) is 9.53 Å². The van der Waals surface area contributed by atoms with Gasteiger partial charge in [-0.25, -0.2) is 4.79 Å². The molecule has 2 aromatic carbocycles. The van der Waals surface area contributed by atoms with Crippen molar-refractivity contribution in [1.82, 2.24) is 4.90 Å². The van der Waals surface area contributed by atoms with E-state index in [-0.39, 0.29) is 22.6 Å². The number of carbonyl (C=O) groups is 4. The lowest BCUT2D eigenvalue weighted by molar-refractivity contribution is -0.123. The van der Waals surface area contributed by atoms with Crippen molar-refractivity contribution < 1.29 is 23.9 Å². The van der Waals surface area contributed by atoms with Crippen LogP contribution in [0.25, 0.3) is 0 Å². The first-order valence-corrected chi connectivity index (χ1v) is 10.3. The van der Waals surface area contributed by atoms with Gasteiger partial charge in [0.05, 0.1) is 16.7 Å². The third kappa shape index (κ3) is 4.50. The van der Waals surface area contributed by atoms with Gasteiger partial charge in [-0.05, 0) is 56.5 Å². The van der Waals surface area contributed by atoms with E-state index in [1.807, 2.05) is 39.0 Å². The number of nitrogens with one attached hydrogen (secondary N) is 1. The van der Waals surface area contributed by atoms with E-state index < -0.39 is 23.9 Å². The zero-order chi connectivity index (χ0) is 22.7. The number of nitrogens with zero attached hydrogens (tertiary/aromatic N) is 1. The van der Waals surface area contributed by atoms with E-state index in [0.29, 0.717) is 18.7 Å². The molecule has 0 radical (unpaired) electrons. The van der Waals surface area contributed by atoms with Crippen molar-refractivity contribution in [1.29, 1.82) is 0 Å². The van der Waals surface area contributed by atoms with Crippen LogP contribution in [0.2, 0.25) is 0 Å². The highest BCUT2D eigenvalue weighted by Gasteiger charge is 2.35. The predicted octanol–water partition coefficient (Wildman–Crippen LogP) is 3.88. The zero-order valence-corrected chi connectivity index (χ0v) is 18.2. The molecule has 7 nitrogen and oxygen atoms in total. The summed E-state index contributed by atoms with van der Waals surface area (Å²) >= 11 is 0. The molecule has 1 atom stereocenters. The van der Waals surface area contributed by atoms with E-state index in [0.717, 1.165) is 17.5 Å². The number of fused-ring (bicyclic) bond motifs is 1. The van der Waals surface area contributed by atoms with Crippen molar-refractivity contribution in [2.75, 3.05) is 11.9 Å². The second-order valence-electron chi connectivity index (χ2n) is 7.68. The molecule has 2 aromatic rings. The van der Waals surface area contributed by atoms with Crippen molar-refractivity contribution in [3.63, 3.8) is 0 Å². The predicted molar refractivity (Wildman–Crippen MR) is 116 cm³/mol. The number of ether oxygens (including phenoxy) is 1. The minimum absolute atomic E-state index is 0.115. The molecule has 3 rings (SSSR count). The largest absolute Gasteiger partial charge is 0.449 e. The first kappa shape index (κ1) is 22.2. The number of amides is 3. The molecule has 1 aliphatic heterocycles. The SMILES string of the molecule is CCCCN1C(=O)c2ccc(C(=O)O[C@@H](C)C(=O)Nc3c(C)cccc3C)cc2C1=O. The van der Waals surface area contributed by atoms with Gasteiger partial charge >= 0.3 is 5.97 Å². The Morgan fingerprint density at radius 1 is 1.03 bits per heavy atom. The molecule has 0 saturated carbocycles. The van der Waals surface area contributed by atoms with Gasteiger partial charge in [-0.3, -0.25) is 19.3 Å². The lowest BCUT2D eigenvalue weighted by atomic mass is 10.1. The zero-order valence-electron chi connectivity index (χ0n) is 18.2. The fraction of sp³-hybridized carbons (Fsp3) is 0.333. The first-order valence-electron chi connectivity index (χ1n) is 10.3. The molecule has 0 fully saturated rings. The van der Waals surface area contributed by atoms with Gasteiger partial charge in [-0.1, -0.05) is 31.5 Å². The molecule has 1 N–H and O–H groups in total. The van der Waals surface area contributed by atoms with Gasteiger partial charge in [0.15, 0.2) is 6.10 Å². The van der Waals surface area contributed by atoms with Crippen LogP contribution >= 0.6 is 0 Å². The van der Waals surface area contributed by atoms with Gasteiger partial charge in [0.2, 0.25) is 0 Å². The Kier molecular flexibility index (Phi) is 6.53. The van der Waals surface area contributed by atoms with E-state index in [9.17, 15) is 19.2 Å². The Bertz CT molecular complexity index is 1040. The van der Waals surface area contributed by atoms with Crippen LogP contribution in [-0.4, -0.2) is 41.2 Å². The minimum Gasteiger partial charge on any atom is -0.449 e. The standard InChI is InChI=1S/C24H26N2O5/c1-5-6-12-26-22(28)18-11-10-17(13-19(18)23(26)29)24(30)31-16(4)21(27)25-20-14(2)8-7-9-15(20)3/h7-11,13,16H,5-6,12H2,1-4H3,(H,25,27)/t16-/m0/s1. The van der Waals surface area contributed by atoms with Crippen LogP contribution in [0, 0.1) is 13.8 Å². The number of hydrogen-bond donors (Lipinski definition) is 1. The summed E-state index contributed by atoms with van der Waals surface area (Å²) in [6.45, 7) is 7.56. The van der Waals surface area contributed by atoms with Crippen molar-refractivity contribution in [3.05, 3.63) is 64.2 Å². The molecule has 3 amide bonds. The van der Waals surface area contributed by atoms with E-state index in [2.05, 4.69) is 5.32 Å². The van der Waals surface area contributed by atoms with Gasteiger partial charge in [0, 0.05) is 12.2 Å². The highest BCUT2D eigenvalue weighted by Crippen LogP contribution is 2.25. The highest BCUT2D eigenvalue weighted by atomic mass is 16.5. The fourth-order valence-corrected chi connectivity index (χ4v) is 3.46. The number of para-hydroxylation sites is 1. The molecule has 0 saturated heterocycles. The number of unbranched alkanes of at least 4 members (excludes halogenated alkanes) is 1. The molecule has 162 valence electrons. The third-order valence-electron chi connectivity index (χ3n) is 5.32. The molecule has 0 aliphatic carbocycles. The summed E-state index contributed by atoms with van der Waals surface area (Å²) < 4.78 is 5.30. The van der Waals surface area contributed by atoms with Gasteiger partial charge in [0.1, 0.15) is 0 Å². The molecule has 1 aliphatic rings. The molecule has 1 heterocycles. The number of imide groups is 1. The van der Waals surface area contributed by atoms with E-state index in [1.54, 1.807) is 0 Å². The van der Waals surface area contributed by atoms with Crippen LogP contribution in [0.3, 0.4) is 0 Å². The van der Waals surface area contributed by atoms with Crippen LogP contribution in [0.4, 0.5) is 5.69 Å². The van der Waals surface area contributed by atoms with Gasteiger partial charge in [-0.2, -0.15) is 0 Å². The lowest BCUT2D eigenvalue weighted by Crippen LogP contribution is -2.30. The fourth-order valence-electron chi connectivity index (χ4n) is 3.46. The summed E-state index contributed by atoms with van der Waals surface area (Å²) in [5, 5.41) is 2.79. The van der Waals surface area contributed by atoms with Crippen LogP contribution < -0.4 is 5.32 Å². The first-order chi connectivity index (χ1) is 14.7. The minimum atomic E-state index is -1.04. The van der Waals surface area contributed by atoms with Crippen molar-refractivity contribution >= 4 is 29.4 Å². The summed E-state index contributed by atoms with van der Waals surface area (Å²) in [7, 11) is 0. The summed E-state index contributed by atoms with van der Waals surface area (Å²) in [6, 6.07) is 9.91. The maximum atomic E-state index is 12.6. The summed E-state index contributed by atoms with van der Waals surface area (Å²) in [4.78, 5) is 51.3. The average molecular weight is 422 g/mol. The van der Waals surface area contributed by atoms with Crippen molar-refractivity contribution in [2.24, 2.45) is 0 Å². The van der Waals surface area contributed by atoms with Crippen molar-refractivity contribution in [2.45, 2.75) is 46.6 Å². The monoisotopic (exact) mass is 422 g/mol. The normalized spacial score (nSPS) is 13.7. The number of rotatable bonds is 7. The molecular weight excluding hydrogens is 396 g/mol. The highest BCUT2D eigenvalue weighted by molar-refractivity contribution is 6.22. The van der Waals surface area contributed by atoms with E-state index in [4.69, 9.17) is 4.74 Å². The maximum Gasteiger partial charge on any atom is 0.338 e. The number of aryl methyl sites for hydroxylation is 2. The summed E-state index contributed by atoms with van der Waals surface area (Å²) in [6.07, 6.45) is 0.526. The molecule has 7 heteroatoms. The lowest BCUT2D eigenvalue weighted by Gasteiger charge is -2.16. The number of esters is 1. The van der Waals surface area contributed by atoms with E-state index >= 15 is 0 Å². The summed E-state index contributed by atoms with van der Waals surface area (Å²) in [5.74, 6) is -1.96. The molecule has 0 bridgehead atoms. The summed E-state index contributed by atoms with van der Waals surface area (Å²) in [5.41, 5.74) is 3.07. The second kappa shape index (κ2) is 9.12. The molecule has 0 spiro atoms. The smallest absolute Gasteiger partial charge is 0.338 e. The second-order valence-corrected chi connectivity index (χ2v) is 7.68.